The predicted octanol–water partition coefficient (Wildman–Crippen LogP) is 3.43. The van der Waals surface area contributed by atoms with Crippen molar-refractivity contribution in [3.63, 3.8) is 0 Å². The number of nitrogens with one attached hydrogen (secondary N) is 1. The van der Waals surface area contributed by atoms with Gasteiger partial charge in [-0.3, -0.25) is 4.79 Å². The Morgan fingerprint density at radius 2 is 1.78 bits per heavy atom. The Bertz CT molecular complexity index is 695. The summed E-state index contributed by atoms with van der Waals surface area (Å²) < 4.78 is 0. The number of hydrogen-bond acceptors (Lipinski definition) is 2. The summed E-state index contributed by atoms with van der Waals surface area (Å²) in [5.74, 6) is 0.785. The highest BCUT2D eigenvalue weighted by Crippen LogP contribution is 2.23. The molecule has 0 radical (unpaired) electrons. The minimum absolute atomic E-state index is 0.0473. The Labute approximate surface area is 104 Å². The second-order valence-electron chi connectivity index (χ2n) is 4.20. The van der Waals surface area contributed by atoms with Gasteiger partial charge in [0.15, 0.2) is 5.78 Å². The minimum atomic E-state index is 0.0473. The van der Waals surface area contributed by atoms with Crippen molar-refractivity contribution in [1.29, 1.82) is 0 Å². The summed E-state index contributed by atoms with van der Waals surface area (Å²) in [5, 5.41) is 0. The molecular formula is C15H12N2O. The second kappa shape index (κ2) is 4.11. The summed E-state index contributed by atoms with van der Waals surface area (Å²) in [4.78, 5) is 19.4. The molecule has 18 heavy (non-hydrogen) atoms. The van der Waals surface area contributed by atoms with E-state index in [-0.39, 0.29) is 5.78 Å². The first-order chi connectivity index (χ1) is 8.75. The molecule has 0 aliphatic carbocycles. The lowest BCUT2D eigenvalue weighted by Gasteiger charge is -2.02. The molecular weight excluding hydrogens is 224 g/mol. The van der Waals surface area contributed by atoms with Gasteiger partial charge in [-0.15, -0.1) is 0 Å². The lowest BCUT2D eigenvalue weighted by atomic mass is 10.0. The van der Waals surface area contributed by atoms with Gasteiger partial charge in [0.05, 0.1) is 11.0 Å². The van der Waals surface area contributed by atoms with Crippen molar-refractivity contribution in [3.05, 3.63) is 54.1 Å². The Hall–Kier alpha value is -2.42. The van der Waals surface area contributed by atoms with Gasteiger partial charge < -0.3 is 4.98 Å². The van der Waals surface area contributed by atoms with Crippen LogP contribution in [0.1, 0.15) is 17.3 Å². The maximum Gasteiger partial charge on any atom is 0.160 e. The molecule has 0 aliphatic heterocycles. The molecule has 88 valence electrons. The first-order valence-electron chi connectivity index (χ1n) is 5.81. The highest BCUT2D eigenvalue weighted by Gasteiger charge is 2.11. The number of imidazole rings is 1. The third kappa shape index (κ3) is 1.70. The molecule has 3 nitrogen and oxygen atoms in total. The van der Waals surface area contributed by atoms with E-state index in [2.05, 4.69) is 9.97 Å². The topological polar surface area (TPSA) is 45.8 Å². The first-order valence-corrected chi connectivity index (χ1v) is 5.81. The average Bonchev–Trinajstić information content (AvgIpc) is 2.82. The van der Waals surface area contributed by atoms with Crippen LogP contribution in [0.5, 0.6) is 0 Å². The van der Waals surface area contributed by atoms with Gasteiger partial charge in [-0.25, -0.2) is 4.98 Å². The molecule has 0 unspecified atom stereocenters. The second-order valence-corrected chi connectivity index (χ2v) is 4.20. The summed E-state index contributed by atoms with van der Waals surface area (Å²) in [6, 6.07) is 15.3. The monoisotopic (exact) mass is 236 g/mol. The van der Waals surface area contributed by atoms with E-state index < -0.39 is 0 Å². The third-order valence-electron chi connectivity index (χ3n) is 2.95. The van der Waals surface area contributed by atoms with E-state index in [0.29, 0.717) is 5.56 Å². The molecule has 0 amide bonds. The van der Waals surface area contributed by atoms with Gasteiger partial charge >= 0.3 is 0 Å². The largest absolute Gasteiger partial charge is 0.338 e. The van der Waals surface area contributed by atoms with Crippen molar-refractivity contribution in [1.82, 2.24) is 9.97 Å². The Morgan fingerprint density at radius 3 is 2.56 bits per heavy atom. The van der Waals surface area contributed by atoms with Crippen LogP contribution in [-0.4, -0.2) is 15.8 Å². The zero-order valence-corrected chi connectivity index (χ0v) is 9.97. The number of nitrogens with zero attached hydrogens (tertiary/aromatic N) is 1. The fraction of sp³-hybridized carbons (Fsp3) is 0.0667. The molecule has 3 aromatic rings. The summed E-state index contributed by atoms with van der Waals surface area (Å²) in [6.07, 6.45) is 0. The van der Waals surface area contributed by atoms with Gasteiger partial charge in [0, 0.05) is 11.1 Å². The van der Waals surface area contributed by atoms with E-state index in [9.17, 15) is 4.79 Å². The minimum Gasteiger partial charge on any atom is -0.338 e. The van der Waals surface area contributed by atoms with Crippen LogP contribution < -0.4 is 0 Å². The molecule has 0 fully saturated rings. The zero-order valence-electron chi connectivity index (χ0n) is 9.97. The fourth-order valence-electron chi connectivity index (χ4n) is 2.08. The standard InChI is InChI=1S/C15H12N2O/c1-10(18)11-6-2-3-7-12(11)15-16-13-8-4-5-9-14(13)17-15/h2-9H,1H3,(H,16,17). The van der Waals surface area contributed by atoms with Gasteiger partial charge in [-0.05, 0) is 19.1 Å². The summed E-state index contributed by atoms with van der Waals surface area (Å²) in [5.41, 5.74) is 3.43. The summed E-state index contributed by atoms with van der Waals surface area (Å²) >= 11 is 0. The number of H-pyrrole nitrogens is 1. The maximum absolute atomic E-state index is 11.6. The van der Waals surface area contributed by atoms with Crippen LogP contribution in [0.25, 0.3) is 22.4 Å². The summed E-state index contributed by atoms with van der Waals surface area (Å²) in [7, 11) is 0. The van der Waals surface area contributed by atoms with Gasteiger partial charge in [0.1, 0.15) is 5.82 Å². The van der Waals surface area contributed by atoms with E-state index in [0.717, 1.165) is 22.4 Å². The number of aromatic amines is 1. The molecule has 1 aromatic heterocycles. The summed E-state index contributed by atoms with van der Waals surface area (Å²) in [6.45, 7) is 1.57. The number of benzene rings is 2. The highest BCUT2D eigenvalue weighted by molar-refractivity contribution is 6.00. The Morgan fingerprint density at radius 1 is 1.06 bits per heavy atom. The zero-order chi connectivity index (χ0) is 12.5. The van der Waals surface area contributed by atoms with Gasteiger partial charge in [-0.2, -0.15) is 0 Å². The van der Waals surface area contributed by atoms with Crippen LogP contribution in [0.2, 0.25) is 0 Å². The van der Waals surface area contributed by atoms with E-state index >= 15 is 0 Å². The lowest BCUT2D eigenvalue weighted by molar-refractivity contribution is 0.101. The molecule has 3 rings (SSSR count). The van der Waals surface area contributed by atoms with Gasteiger partial charge in [0.2, 0.25) is 0 Å². The number of carbonyl (C=O) groups excluding carboxylic acids is 1. The van der Waals surface area contributed by atoms with Crippen LogP contribution in [0, 0.1) is 0 Å². The highest BCUT2D eigenvalue weighted by atomic mass is 16.1. The predicted molar refractivity (Wildman–Crippen MR) is 71.5 cm³/mol. The first kappa shape index (κ1) is 10.7. The Balaban J connectivity index is 2.23. The average molecular weight is 236 g/mol. The molecule has 1 N–H and O–H groups in total. The van der Waals surface area contributed by atoms with Crippen molar-refractivity contribution in [3.8, 4) is 11.4 Å². The lowest BCUT2D eigenvalue weighted by Crippen LogP contribution is -1.96. The number of Topliss-reactive ketones (excluding diaryl/α,β-unsaturated/α-hetero) is 1. The van der Waals surface area contributed by atoms with Crippen LogP contribution in [0.3, 0.4) is 0 Å². The molecule has 1 heterocycles. The van der Waals surface area contributed by atoms with Crippen LogP contribution >= 0.6 is 0 Å². The SMILES string of the molecule is CC(=O)c1ccccc1-c1nc2ccccc2[nH]1. The molecule has 0 spiro atoms. The maximum atomic E-state index is 11.6. The van der Waals surface area contributed by atoms with E-state index in [1.165, 1.54) is 0 Å². The van der Waals surface area contributed by atoms with Crippen molar-refractivity contribution < 1.29 is 4.79 Å². The molecule has 3 heteroatoms. The van der Waals surface area contributed by atoms with Crippen molar-refractivity contribution >= 4 is 16.8 Å². The van der Waals surface area contributed by atoms with E-state index in [1.807, 2.05) is 48.5 Å². The number of aromatic nitrogens is 2. The molecule has 0 saturated heterocycles. The Kier molecular flexibility index (Phi) is 2.45. The van der Waals surface area contributed by atoms with Crippen molar-refractivity contribution in [2.45, 2.75) is 6.92 Å². The van der Waals surface area contributed by atoms with Crippen LogP contribution in [-0.2, 0) is 0 Å². The van der Waals surface area contributed by atoms with Gasteiger partial charge in [-0.1, -0.05) is 36.4 Å². The molecule has 0 atom stereocenters. The molecule has 2 aromatic carbocycles. The number of ketones is 1. The number of fused-ring (bicyclic) bond motifs is 1. The third-order valence-corrected chi connectivity index (χ3v) is 2.95. The van der Waals surface area contributed by atoms with Crippen molar-refractivity contribution in [2.24, 2.45) is 0 Å². The normalized spacial score (nSPS) is 10.7. The van der Waals surface area contributed by atoms with E-state index in [1.54, 1.807) is 6.92 Å². The van der Waals surface area contributed by atoms with Crippen molar-refractivity contribution in [2.75, 3.05) is 0 Å². The van der Waals surface area contributed by atoms with Gasteiger partial charge in [0.25, 0.3) is 0 Å². The smallest absolute Gasteiger partial charge is 0.160 e. The molecule has 0 bridgehead atoms. The fourth-order valence-corrected chi connectivity index (χ4v) is 2.08. The number of hydrogen-bond donors (Lipinski definition) is 1. The molecule has 0 aliphatic rings. The quantitative estimate of drug-likeness (QED) is 0.693. The number of para-hydroxylation sites is 2. The van der Waals surface area contributed by atoms with Crippen LogP contribution in [0.15, 0.2) is 48.5 Å². The van der Waals surface area contributed by atoms with Crippen LogP contribution in [0.4, 0.5) is 0 Å². The van der Waals surface area contributed by atoms with E-state index in [4.69, 9.17) is 0 Å². The molecule has 0 saturated carbocycles. The number of rotatable bonds is 2. The number of carbonyl (C=O) groups is 1.